The molecule has 3 rings (SSSR count). The van der Waals surface area contributed by atoms with E-state index in [9.17, 15) is 18.0 Å². The summed E-state index contributed by atoms with van der Waals surface area (Å²) in [6.45, 7) is 6.15. The molecule has 120 valence electrons. The van der Waals surface area contributed by atoms with E-state index in [0.29, 0.717) is 11.1 Å². The highest BCUT2D eigenvalue weighted by Gasteiger charge is 2.56. The van der Waals surface area contributed by atoms with Crippen LogP contribution in [0.5, 0.6) is 5.75 Å². The lowest BCUT2D eigenvalue weighted by Gasteiger charge is -2.46. The Morgan fingerprint density at radius 1 is 1.18 bits per heavy atom. The fraction of sp³-hybridized carbons (Fsp3) is 0.588. The highest BCUT2D eigenvalue weighted by molar-refractivity contribution is 6.04. The van der Waals surface area contributed by atoms with E-state index in [1.165, 1.54) is 18.2 Å². The molecule has 2 nitrogen and oxygen atoms in total. The maximum Gasteiger partial charge on any atom is 0.573 e. The Morgan fingerprint density at radius 3 is 2.50 bits per heavy atom. The van der Waals surface area contributed by atoms with E-state index < -0.39 is 11.8 Å². The summed E-state index contributed by atoms with van der Waals surface area (Å²) in [6.07, 6.45) is -1.98. The highest BCUT2D eigenvalue weighted by atomic mass is 19.4. The van der Waals surface area contributed by atoms with Crippen LogP contribution in [0.4, 0.5) is 13.2 Å². The van der Waals surface area contributed by atoms with Crippen LogP contribution in [0.15, 0.2) is 18.2 Å². The Bertz CT molecular complexity index is 633. The first-order valence-electron chi connectivity index (χ1n) is 7.49. The largest absolute Gasteiger partial charge is 0.573 e. The second kappa shape index (κ2) is 4.49. The number of carbonyl (C=O) groups excluding carboxylic acids is 1. The average Bonchev–Trinajstić information content (AvgIpc) is 2.57. The van der Waals surface area contributed by atoms with Gasteiger partial charge in [-0.3, -0.25) is 4.79 Å². The van der Waals surface area contributed by atoms with Gasteiger partial charge in [-0.05, 0) is 42.0 Å². The van der Waals surface area contributed by atoms with Gasteiger partial charge < -0.3 is 4.74 Å². The molecule has 1 aromatic carbocycles. The average molecular weight is 312 g/mol. The third kappa shape index (κ3) is 2.22. The second-order valence-corrected chi connectivity index (χ2v) is 7.31. The van der Waals surface area contributed by atoms with Crippen LogP contribution in [-0.4, -0.2) is 12.1 Å². The summed E-state index contributed by atoms with van der Waals surface area (Å²) >= 11 is 0. The predicted octanol–water partition coefficient (Wildman–Crippen LogP) is 4.87. The lowest BCUT2D eigenvalue weighted by molar-refractivity contribution is -0.274. The molecule has 1 aromatic rings. The quantitative estimate of drug-likeness (QED) is 0.740. The molecule has 2 aliphatic carbocycles. The second-order valence-electron chi connectivity index (χ2n) is 7.31. The molecule has 2 atom stereocenters. The summed E-state index contributed by atoms with van der Waals surface area (Å²) in [7, 11) is 0. The van der Waals surface area contributed by atoms with Crippen LogP contribution in [0.2, 0.25) is 0 Å². The monoisotopic (exact) mass is 312 g/mol. The molecule has 0 amide bonds. The topological polar surface area (TPSA) is 26.3 Å². The van der Waals surface area contributed by atoms with Crippen molar-refractivity contribution in [3.63, 3.8) is 0 Å². The van der Waals surface area contributed by atoms with E-state index in [1.54, 1.807) is 0 Å². The van der Waals surface area contributed by atoms with Gasteiger partial charge in [0, 0.05) is 16.9 Å². The first-order chi connectivity index (χ1) is 10.0. The lowest BCUT2D eigenvalue weighted by atomic mass is 9.56. The Labute approximate surface area is 127 Å². The van der Waals surface area contributed by atoms with Crippen LogP contribution < -0.4 is 4.74 Å². The molecule has 0 aliphatic heterocycles. The fourth-order valence-electron chi connectivity index (χ4n) is 4.56. The minimum Gasteiger partial charge on any atom is -0.406 e. The van der Waals surface area contributed by atoms with Crippen LogP contribution in [0.3, 0.4) is 0 Å². The van der Waals surface area contributed by atoms with Crippen molar-refractivity contribution in [1.82, 2.24) is 0 Å². The number of benzene rings is 1. The Hall–Kier alpha value is -1.52. The zero-order valence-electron chi connectivity index (χ0n) is 12.9. The Morgan fingerprint density at radius 2 is 1.86 bits per heavy atom. The van der Waals surface area contributed by atoms with Crippen LogP contribution in [0.1, 0.15) is 56.0 Å². The lowest BCUT2D eigenvalue weighted by Crippen LogP contribution is -2.44. The molecule has 0 bridgehead atoms. The van der Waals surface area contributed by atoms with Gasteiger partial charge in [0.2, 0.25) is 0 Å². The first kappa shape index (κ1) is 15.4. The minimum absolute atomic E-state index is 0.0563. The van der Waals surface area contributed by atoms with Crippen molar-refractivity contribution in [2.45, 2.75) is 51.8 Å². The van der Waals surface area contributed by atoms with Crippen molar-refractivity contribution in [3.05, 3.63) is 29.3 Å². The summed E-state index contributed by atoms with van der Waals surface area (Å²) in [6, 6.07) is 4.12. The van der Waals surface area contributed by atoms with Crippen molar-refractivity contribution in [3.8, 4) is 5.75 Å². The van der Waals surface area contributed by atoms with Crippen LogP contribution >= 0.6 is 0 Å². The van der Waals surface area contributed by atoms with E-state index in [0.717, 1.165) is 19.3 Å². The molecule has 0 saturated heterocycles. The van der Waals surface area contributed by atoms with Gasteiger partial charge in [0.1, 0.15) is 5.75 Å². The van der Waals surface area contributed by atoms with Crippen LogP contribution in [0, 0.1) is 11.3 Å². The minimum atomic E-state index is -4.72. The van der Waals surface area contributed by atoms with Crippen LogP contribution in [-0.2, 0) is 5.41 Å². The molecule has 0 unspecified atom stereocenters. The number of fused-ring (bicyclic) bond motifs is 3. The summed E-state index contributed by atoms with van der Waals surface area (Å²) < 4.78 is 41.3. The van der Waals surface area contributed by atoms with Gasteiger partial charge in [-0.15, -0.1) is 13.2 Å². The molecule has 5 heteroatoms. The number of halogens is 3. The normalized spacial score (nSPS) is 29.9. The molecule has 0 radical (unpaired) electrons. The van der Waals surface area contributed by atoms with E-state index in [1.807, 2.05) is 6.92 Å². The first-order valence-corrected chi connectivity index (χ1v) is 7.49. The van der Waals surface area contributed by atoms with Crippen molar-refractivity contribution < 1.29 is 22.7 Å². The van der Waals surface area contributed by atoms with Gasteiger partial charge in [-0.25, -0.2) is 0 Å². The molecule has 0 heterocycles. The van der Waals surface area contributed by atoms with Gasteiger partial charge in [-0.1, -0.05) is 27.2 Å². The Balaban J connectivity index is 2.08. The van der Waals surface area contributed by atoms with E-state index >= 15 is 0 Å². The number of ketones is 1. The van der Waals surface area contributed by atoms with Gasteiger partial charge in [0.05, 0.1) is 0 Å². The van der Waals surface area contributed by atoms with Crippen molar-refractivity contribution in [2.24, 2.45) is 11.3 Å². The summed E-state index contributed by atoms with van der Waals surface area (Å²) in [4.78, 5) is 12.8. The standard InChI is InChI=1S/C17H19F3O2/c1-15(2)7-4-8-16(3)12-9-10(22-17(18,19)20)5-6-11(12)13(21)14(15)16/h5-6,9,14H,4,7-8H2,1-3H3/t14-,16+/m1/s1. The van der Waals surface area contributed by atoms with Crippen molar-refractivity contribution >= 4 is 5.78 Å². The number of rotatable bonds is 1. The predicted molar refractivity (Wildman–Crippen MR) is 75.9 cm³/mol. The number of carbonyl (C=O) groups is 1. The maximum atomic E-state index is 12.8. The molecule has 1 saturated carbocycles. The highest BCUT2D eigenvalue weighted by Crippen LogP contribution is 2.58. The van der Waals surface area contributed by atoms with Gasteiger partial charge >= 0.3 is 6.36 Å². The summed E-state index contributed by atoms with van der Waals surface area (Å²) in [5.74, 6) is -0.366. The molecule has 0 spiro atoms. The number of Topliss-reactive ketones (excluding diaryl/α,β-unsaturated/α-hetero) is 1. The zero-order chi connectivity index (χ0) is 16.3. The SMILES string of the molecule is CC1(C)CCC[C@@]2(C)c3cc(OC(F)(F)F)ccc3C(=O)[C@H]12. The zero-order valence-corrected chi connectivity index (χ0v) is 12.9. The van der Waals surface area contributed by atoms with Gasteiger partial charge in [-0.2, -0.15) is 0 Å². The van der Waals surface area contributed by atoms with E-state index in [2.05, 4.69) is 18.6 Å². The Kier molecular flexibility index (Phi) is 3.14. The summed E-state index contributed by atoms with van der Waals surface area (Å²) in [5.41, 5.74) is 0.710. The smallest absolute Gasteiger partial charge is 0.406 e. The molecule has 22 heavy (non-hydrogen) atoms. The van der Waals surface area contributed by atoms with Crippen LogP contribution in [0.25, 0.3) is 0 Å². The third-order valence-electron chi connectivity index (χ3n) is 5.30. The fourth-order valence-corrected chi connectivity index (χ4v) is 4.56. The van der Waals surface area contributed by atoms with Gasteiger partial charge in [0.15, 0.2) is 5.78 Å². The maximum absolute atomic E-state index is 12.8. The van der Waals surface area contributed by atoms with Crippen molar-refractivity contribution in [2.75, 3.05) is 0 Å². The number of alkyl halides is 3. The van der Waals surface area contributed by atoms with E-state index in [4.69, 9.17) is 0 Å². The summed E-state index contributed by atoms with van der Waals surface area (Å²) in [5, 5.41) is 0. The number of hydrogen-bond acceptors (Lipinski definition) is 2. The molecule has 1 fully saturated rings. The molecule has 2 aliphatic rings. The molecule has 0 N–H and O–H groups in total. The van der Waals surface area contributed by atoms with E-state index in [-0.39, 0.29) is 22.9 Å². The molecular weight excluding hydrogens is 293 g/mol. The molecular formula is C17H19F3O2. The number of hydrogen-bond donors (Lipinski definition) is 0. The third-order valence-corrected chi connectivity index (χ3v) is 5.30. The van der Waals surface area contributed by atoms with Crippen molar-refractivity contribution in [1.29, 1.82) is 0 Å². The molecule has 0 aromatic heterocycles. The number of ether oxygens (including phenoxy) is 1. The van der Waals surface area contributed by atoms with Gasteiger partial charge in [0.25, 0.3) is 0 Å².